The molecule has 1 saturated heterocycles. The van der Waals surface area contributed by atoms with Crippen molar-refractivity contribution < 1.29 is 24.0 Å². The van der Waals surface area contributed by atoms with Crippen LogP contribution in [-0.2, 0) is 9.59 Å². The van der Waals surface area contributed by atoms with Gasteiger partial charge in [-0.25, -0.2) is 0 Å². The Morgan fingerprint density at radius 3 is 2.50 bits per heavy atom. The summed E-state index contributed by atoms with van der Waals surface area (Å²) in [6.07, 6.45) is 4.01. The van der Waals surface area contributed by atoms with Gasteiger partial charge in [0.1, 0.15) is 17.6 Å². The van der Waals surface area contributed by atoms with E-state index in [9.17, 15) is 24.8 Å². The normalized spacial score (nSPS) is 18.6. The van der Waals surface area contributed by atoms with Crippen molar-refractivity contribution in [1.82, 2.24) is 4.90 Å². The number of hydrogen-bond acceptors (Lipinski definition) is 6. The van der Waals surface area contributed by atoms with Gasteiger partial charge in [-0.1, -0.05) is 19.8 Å². The Hall–Kier alpha value is -3.42. The van der Waals surface area contributed by atoms with Gasteiger partial charge in [-0.3, -0.25) is 19.7 Å². The van der Waals surface area contributed by atoms with E-state index in [2.05, 4.69) is 0 Å². The lowest BCUT2D eigenvalue weighted by Gasteiger charge is -2.23. The molecule has 1 aliphatic rings. The second-order valence-corrected chi connectivity index (χ2v) is 6.52. The minimum Gasteiger partial charge on any atom is -0.507 e. The van der Waals surface area contributed by atoms with Crippen molar-refractivity contribution >= 4 is 23.1 Å². The van der Waals surface area contributed by atoms with E-state index >= 15 is 0 Å². The number of aliphatic hydroxyl groups excluding tert-OH is 1. The van der Waals surface area contributed by atoms with E-state index in [4.69, 9.17) is 4.42 Å². The highest BCUT2D eigenvalue weighted by Gasteiger charge is 2.47. The van der Waals surface area contributed by atoms with Crippen LogP contribution in [0.2, 0.25) is 0 Å². The number of non-ortho nitro benzene ring substituents is 1. The molecule has 0 saturated carbocycles. The van der Waals surface area contributed by atoms with Gasteiger partial charge in [0.25, 0.3) is 17.4 Å². The number of nitro groups is 1. The number of hydrogen-bond donors (Lipinski definition) is 1. The summed E-state index contributed by atoms with van der Waals surface area (Å²) in [5.41, 5.74) is -0.00170. The maximum atomic E-state index is 12.7. The molecule has 1 atom stereocenters. The third kappa shape index (κ3) is 3.53. The molecule has 28 heavy (non-hydrogen) atoms. The lowest BCUT2D eigenvalue weighted by atomic mass is 9.99. The van der Waals surface area contributed by atoms with Crippen molar-refractivity contribution in [2.24, 2.45) is 0 Å². The Morgan fingerprint density at radius 2 is 1.93 bits per heavy atom. The number of likely N-dealkylation sites (tertiary alicyclic amines) is 1. The Labute approximate surface area is 161 Å². The molecule has 8 nitrogen and oxygen atoms in total. The molecule has 2 heterocycles. The summed E-state index contributed by atoms with van der Waals surface area (Å²) in [6.45, 7) is 2.40. The van der Waals surface area contributed by atoms with Crippen LogP contribution in [0.3, 0.4) is 0 Å². The Bertz CT molecular complexity index is 915. The van der Waals surface area contributed by atoms with Crippen LogP contribution < -0.4 is 0 Å². The summed E-state index contributed by atoms with van der Waals surface area (Å²) in [5.74, 6) is -1.50. The molecule has 1 aliphatic heterocycles. The predicted molar refractivity (Wildman–Crippen MR) is 100 cm³/mol. The van der Waals surface area contributed by atoms with Crippen molar-refractivity contribution in [3.63, 3.8) is 0 Å². The average molecular weight is 384 g/mol. The maximum Gasteiger partial charge on any atom is 0.295 e. The van der Waals surface area contributed by atoms with Gasteiger partial charge in [-0.05, 0) is 30.7 Å². The number of aliphatic hydroxyl groups is 1. The van der Waals surface area contributed by atoms with Crippen LogP contribution >= 0.6 is 0 Å². The molecule has 3 rings (SSSR count). The van der Waals surface area contributed by atoms with Gasteiger partial charge >= 0.3 is 0 Å². The lowest BCUT2D eigenvalue weighted by molar-refractivity contribution is -0.384. The first-order valence-corrected chi connectivity index (χ1v) is 9.02. The Kier molecular flexibility index (Phi) is 5.58. The van der Waals surface area contributed by atoms with Crippen LogP contribution in [0.15, 0.2) is 52.7 Å². The van der Waals surface area contributed by atoms with Gasteiger partial charge in [0, 0.05) is 24.2 Å². The molecule has 8 heteroatoms. The van der Waals surface area contributed by atoms with Gasteiger partial charge < -0.3 is 14.4 Å². The van der Waals surface area contributed by atoms with Gasteiger partial charge in [0.05, 0.1) is 16.8 Å². The van der Waals surface area contributed by atoms with Gasteiger partial charge in [-0.2, -0.15) is 0 Å². The maximum absolute atomic E-state index is 12.7. The van der Waals surface area contributed by atoms with Crippen molar-refractivity contribution in [2.75, 3.05) is 6.54 Å². The van der Waals surface area contributed by atoms with E-state index in [1.807, 2.05) is 6.92 Å². The summed E-state index contributed by atoms with van der Waals surface area (Å²) in [4.78, 5) is 37.0. The molecule has 0 aliphatic carbocycles. The molecule has 1 N–H and O–H groups in total. The number of rotatable bonds is 7. The number of nitrogens with zero attached hydrogens (tertiary/aromatic N) is 2. The smallest absolute Gasteiger partial charge is 0.295 e. The zero-order valence-electron chi connectivity index (χ0n) is 15.3. The summed E-state index contributed by atoms with van der Waals surface area (Å²) in [5, 5.41) is 21.6. The monoisotopic (exact) mass is 384 g/mol. The number of amides is 1. The fourth-order valence-electron chi connectivity index (χ4n) is 3.28. The van der Waals surface area contributed by atoms with Crippen molar-refractivity contribution in [1.29, 1.82) is 0 Å². The van der Waals surface area contributed by atoms with Gasteiger partial charge in [0.2, 0.25) is 0 Å². The average Bonchev–Trinajstić information content (AvgIpc) is 3.30. The van der Waals surface area contributed by atoms with E-state index in [-0.39, 0.29) is 22.6 Å². The van der Waals surface area contributed by atoms with E-state index in [0.717, 1.165) is 19.3 Å². The molecule has 0 radical (unpaired) electrons. The fraction of sp³-hybridized carbons (Fsp3) is 0.300. The quantitative estimate of drug-likeness (QED) is 0.194. The molecule has 1 amide bonds. The third-order valence-electron chi connectivity index (χ3n) is 4.71. The molecule has 0 spiro atoms. The van der Waals surface area contributed by atoms with Crippen LogP contribution in [0.1, 0.15) is 43.6 Å². The van der Waals surface area contributed by atoms with E-state index < -0.39 is 22.7 Å². The van der Waals surface area contributed by atoms with Crippen molar-refractivity contribution in [3.05, 3.63) is 69.7 Å². The number of nitro benzene ring substituents is 1. The minimum absolute atomic E-state index is 0.0784. The number of carbonyl (C=O) groups excluding carboxylic acids is 2. The molecular weight excluding hydrogens is 364 g/mol. The molecular formula is C20H20N2O6. The highest BCUT2D eigenvalue weighted by molar-refractivity contribution is 6.46. The number of benzene rings is 1. The summed E-state index contributed by atoms with van der Waals surface area (Å²) in [6, 6.07) is 7.61. The second-order valence-electron chi connectivity index (χ2n) is 6.52. The van der Waals surface area contributed by atoms with Crippen molar-refractivity contribution in [2.45, 2.75) is 32.2 Å². The molecule has 146 valence electrons. The number of unbranched alkanes of at least 4 members (excludes halogenated alkanes) is 2. The second kappa shape index (κ2) is 8.08. The predicted octanol–water partition coefficient (Wildman–Crippen LogP) is 3.80. The summed E-state index contributed by atoms with van der Waals surface area (Å²) >= 11 is 0. The van der Waals surface area contributed by atoms with E-state index in [0.29, 0.717) is 12.3 Å². The molecule has 0 bridgehead atoms. The first-order chi connectivity index (χ1) is 13.5. The van der Waals surface area contributed by atoms with Gasteiger partial charge in [0.15, 0.2) is 0 Å². The molecule has 2 aromatic rings. The minimum atomic E-state index is -0.831. The first kappa shape index (κ1) is 19.3. The number of furan rings is 1. The zero-order valence-corrected chi connectivity index (χ0v) is 15.3. The largest absolute Gasteiger partial charge is 0.507 e. The first-order valence-electron chi connectivity index (χ1n) is 9.02. The van der Waals surface area contributed by atoms with E-state index in [1.54, 1.807) is 12.1 Å². The number of carbonyl (C=O) groups is 2. The van der Waals surface area contributed by atoms with E-state index in [1.165, 1.54) is 35.4 Å². The van der Waals surface area contributed by atoms with Crippen LogP contribution in [0.5, 0.6) is 0 Å². The van der Waals surface area contributed by atoms with Crippen LogP contribution in [0, 0.1) is 10.1 Å². The highest BCUT2D eigenvalue weighted by atomic mass is 16.6. The van der Waals surface area contributed by atoms with Gasteiger partial charge in [-0.15, -0.1) is 0 Å². The molecule has 1 unspecified atom stereocenters. The Balaban J connectivity index is 2.05. The number of Topliss-reactive ketones (excluding diaryl/α,β-unsaturated/α-hetero) is 1. The Morgan fingerprint density at radius 1 is 1.21 bits per heavy atom. The topological polar surface area (TPSA) is 114 Å². The zero-order chi connectivity index (χ0) is 20.3. The number of ketones is 1. The molecule has 1 fully saturated rings. The van der Waals surface area contributed by atoms with Crippen molar-refractivity contribution in [3.8, 4) is 0 Å². The van der Waals surface area contributed by atoms with Crippen LogP contribution in [0.4, 0.5) is 5.69 Å². The summed E-state index contributed by atoms with van der Waals surface area (Å²) < 4.78 is 5.44. The summed E-state index contributed by atoms with van der Waals surface area (Å²) in [7, 11) is 0. The fourth-order valence-corrected chi connectivity index (χ4v) is 3.28. The van der Waals surface area contributed by atoms with Crippen LogP contribution in [-0.4, -0.2) is 33.2 Å². The molecule has 1 aromatic heterocycles. The highest BCUT2D eigenvalue weighted by Crippen LogP contribution is 2.39. The SMILES string of the molecule is CCCCCN1C(=O)C(=O)/C(=C(\O)c2ccc([N+](=O)[O-])cc2)C1c1ccco1. The third-order valence-corrected chi connectivity index (χ3v) is 4.71. The molecule has 1 aromatic carbocycles. The standard InChI is InChI=1S/C20H20N2O6/c1-2-3-4-11-21-17(15-6-5-12-28-15)16(19(24)20(21)25)18(23)13-7-9-14(10-8-13)22(26)27/h5-10,12,17,23H,2-4,11H2,1H3/b18-16-. The van der Waals surface area contributed by atoms with Crippen LogP contribution in [0.25, 0.3) is 5.76 Å². The lowest BCUT2D eigenvalue weighted by Crippen LogP contribution is -2.30.